The predicted molar refractivity (Wildman–Crippen MR) is 70.5 cm³/mol. The number of likely N-dealkylation sites (tertiary alicyclic amines) is 1. The third kappa shape index (κ3) is 2.83. The Morgan fingerprint density at radius 2 is 2.44 bits per heavy atom. The second-order valence-electron chi connectivity index (χ2n) is 5.30. The van der Waals surface area contributed by atoms with E-state index in [1.54, 1.807) is 7.05 Å². The van der Waals surface area contributed by atoms with E-state index in [-0.39, 0.29) is 11.5 Å². The van der Waals surface area contributed by atoms with Gasteiger partial charge in [0.1, 0.15) is 5.71 Å². The Morgan fingerprint density at radius 3 is 3.17 bits per heavy atom. The molecule has 2 aliphatic rings. The van der Waals surface area contributed by atoms with Crippen LogP contribution in [0.5, 0.6) is 0 Å². The van der Waals surface area contributed by atoms with E-state index in [0.717, 1.165) is 32.5 Å². The SMILES string of the molecule is CCCCN1CCCC2(CC(C(=O)NC)=NO2)C1. The Balaban J connectivity index is 1.91. The quantitative estimate of drug-likeness (QED) is 0.817. The molecule has 2 aliphatic heterocycles. The van der Waals surface area contributed by atoms with Gasteiger partial charge < -0.3 is 10.2 Å². The third-order valence-corrected chi connectivity index (χ3v) is 3.77. The number of carbonyl (C=O) groups excluding carboxylic acids is 1. The van der Waals surface area contributed by atoms with Crippen LogP contribution in [0.1, 0.15) is 39.0 Å². The molecule has 1 fully saturated rings. The van der Waals surface area contributed by atoms with Crippen molar-refractivity contribution >= 4 is 11.6 Å². The van der Waals surface area contributed by atoms with Gasteiger partial charge >= 0.3 is 0 Å². The predicted octanol–water partition coefficient (Wildman–Crippen LogP) is 1.14. The van der Waals surface area contributed by atoms with E-state index in [0.29, 0.717) is 12.1 Å². The maximum atomic E-state index is 11.6. The fraction of sp³-hybridized carbons (Fsp3) is 0.846. The number of hydrogen-bond acceptors (Lipinski definition) is 4. The van der Waals surface area contributed by atoms with E-state index in [4.69, 9.17) is 4.84 Å². The molecule has 102 valence electrons. The van der Waals surface area contributed by atoms with Gasteiger partial charge in [0.25, 0.3) is 5.91 Å². The molecule has 0 aromatic carbocycles. The molecule has 1 unspecified atom stereocenters. The van der Waals surface area contributed by atoms with Crippen LogP contribution in [0.4, 0.5) is 0 Å². The van der Waals surface area contributed by atoms with E-state index in [1.807, 2.05) is 0 Å². The van der Waals surface area contributed by atoms with Gasteiger partial charge in [-0.1, -0.05) is 18.5 Å². The summed E-state index contributed by atoms with van der Waals surface area (Å²) in [5.74, 6) is -0.113. The minimum absolute atomic E-state index is 0.113. The lowest BCUT2D eigenvalue weighted by Crippen LogP contribution is -2.49. The highest BCUT2D eigenvalue weighted by atomic mass is 16.7. The summed E-state index contributed by atoms with van der Waals surface area (Å²) >= 11 is 0. The number of nitrogens with zero attached hydrogens (tertiary/aromatic N) is 2. The molecule has 2 heterocycles. The Bertz CT molecular complexity index is 343. The van der Waals surface area contributed by atoms with Crippen LogP contribution >= 0.6 is 0 Å². The lowest BCUT2D eigenvalue weighted by atomic mass is 9.88. The van der Waals surface area contributed by atoms with Gasteiger partial charge in [-0.2, -0.15) is 0 Å². The molecular formula is C13H23N3O2. The van der Waals surface area contributed by atoms with Crippen molar-refractivity contribution in [3.63, 3.8) is 0 Å². The maximum Gasteiger partial charge on any atom is 0.268 e. The monoisotopic (exact) mass is 253 g/mol. The summed E-state index contributed by atoms with van der Waals surface area (Å²) in [6, 6.07) is 0. The first kappa shape index (κ1) is 13.3. The summed E-state index contributed by atoms with van der Waals surface area (Å²) < 4.78 is 0. The standard InChI is InChI=1S/C13H23N3O2/c1-3-4-7-16-8-5-6-13(10-16)9-11(15-18-13)12(17)14-2/h3-10H2,1-2H3,(H,14,17). The molecule has 0 bridgehead atoms. The number of piperidine rings is 1. The molecular weight excluding hydrogens is 230 g/mol. The summed E-state index contributed by atoms with van der Waals surface area (Å²) in [7, 11) is 1.63. The Labute approximate surface area is 109 Å². The zero-order valence-electron chi connectivity index (χ0n) is 11.4. The second-order valence-corrected chi connectivity index (χ2v) is 5.30. The smallest absolute Gasteiger partial charge is 0.268 e. The van der Waals surface area contributed by atoms with E-state index in [1.165, 1.54) is 12.8 Å². The van der Waals surface area contributed by atoms with Crippen molar-refractivity contribution in [3.05, 3.63) is 0 Å². The number of unbranched alkanes of at least 4 members (excludes halogenated alkanes) is 1. The van der Waals surface area contributed by atoms with Crippen LogP contribution in [0.3, 0.4) is 0 Å². The largest absolute Gasteiger partial charge is 0.387 e. The lowest BCUT2D eigenvalue weighted by molar-refractivity contribution is -0.114. The topological polar surface area (TPSA) is 53.9 Å². The number of nitrogens with one attached hydrogen (secondary N) is 1. The van der Waals surface area contributed by atoms with Crippen molar-refractivity contribution < 1.29 is 9.63 Å². The molecule has 0 aliphatic carbocycles. The Morgan fingerprint density at radius 1 is 1.61 bits per heavy atom. The molecule has 0 radical (unpaired) electrons. The van der Waals surface area contributed by atoms with Crippen LogP contribution in [0.2, 0.25) is 0 Å². The fourth-order valence-corrected chi connectivity index (χ4v) is 2.77. The highest BCUT2D eigenvalue weighted by Gasteiger charge is 2.44. The Kier molecular flexibility index (Phi) is 4.22. The summed E-state index contributed by atoms with van der Waals surface area (Å²) in [5, 5.41) is 6.59. The van der Waals surface area contributed by atoms with Crippen LogP contribution in [-0.4, -0.2) is 48.8 Å². The zero-order valence-corrected chi connectivity index (χ0v) is 11.4. The summed E-state index contributed by atoms with van der Waals surface area (Å²) in [6.45, 7) is 5.37. The van der Waals surface area contributed by atoms with Gasteiger partial charge in [-0.25, -0.2) is 0 Å². The molecule has 0 aromatic heterocycles. The third-order valence-electron chi connectivity index (χ3n) is 3.77. The van der Waals surface area contributed by atoms with E-state index >= 15 is 0 Å². The maximum absolute atomic E-state index is 11.6. The molecule has 1 amide bonds. The normalized spacial score (nSPS) is 28.0. The first-order valence-corrected chi connectivity index (χ1v) is 6.88. The molecule has 1 atom stereocenters. The van der Waals surface area contributed by atoms with E-state index in [9.17, 15) is 4.79 Å². The van der Waals surface area contributed by atoms with Crippen molar-refractivity contribution in [2.45, 2.75) is 44.6 Å². The van der Waals surface area contributed by atoms with Crippen LogP contribution in [0.15, 0.2) is 5.16 Å². The fourth-order valence-electron chi connectivity index (χ4n) is 2.77. The van der Waals surface area contributed by atoms with Crippen molar-refractivity contribution in [3.8, 4) is 0 Å². The van der Waals surface area contributed by atoms with Crippen molar-refractivity contribution in [2.24, 2.45) is 5.16 Å². The molecule has 5 heteroatoms. The van der Waals surface area contributed by atoms with Crippen molar-refractivity contribution in [1.82, 2.24) is 10.2 Å². The van der Waals surface area contributed by atoms with Crippen LogP contribution in [0, 0.1) is 0 Å². The highest BCUT2D eigenvalue weighted by molar-refractivity contribution is 6.39. The molecule has 18 heavy (non-hydrogen) atoms. The van der Waals surface area contributed by atoms with Gasteiger partial charge in [-0.15, -0.1) is 0 Å². The van der Waals surface area contributed by atoms with Gasteiger partial charge in [0.15, 0.2) is 5.60 Å². The van der Waals surface area contributed by atoms with Gasteiger partial charge in [0.05, 0.1) is 0 Å². The van der Waals surface area contributed by atoms with Crippen molar-refractivity contribution in [1.29, 1.82) is 0 Å². The van der Waals surface area contributed by atoms with Crippen molar-refractivity contribution in [2.75, 3.05) is 26.7 Å². The van der Waals surface area contributed by atoms with E-state index in [2.05, 4.69) is 22.3 Å². The zero-order chi connectivity index (χ0) is 13.0. The van der Waals surface area contributed by atoms with Crippen LogP contribution in [-0.2, 0) is 9.63 Å². The summed E-state index contributed by atoms with van der Waals surface area (Å²) in [4.78, 5) is 19.6. The number of amides is 1. The average molecular weight is 253 g/mol. The van der Waals surface area contributed by atoms with Gasteiger partial charge in [-0.05, 0) is 32.4 Å². The first-order valence-electron chi connectivity index (χ1n) is 6.88. The van der Waals surface area contributed by atoms with Crippen LogP contribution < -0.4 is 5.32 Å². The molecule has 1 saturated heterocycles. The summed E-state index contributed by atoms with van der Waals surface area (Å²) in [5.41, 5.74) is 0.295. The minimum Gasteiger partial charge on any atom is -0.387 e. The summed E-state index contributed by atoms with van der Waals surface area (Å²) in [6.07, 6.45) is 5.21. The second kappa shape index (κ2) is 5.69. The lowest BCUT2D eigenvalue weighted by Gasteiger charge is -2.38. The number of oxime groups is 1. The molecule has 2 rings (SSSR count). The van der Waals surface area contributed by atoms with E-state index < -0.39 is 0 Å². The molecule has 1 spiro atoms. The number of hydrogen-bond donors (Lipinski definition) is 1. The molecule has 1 N–H and O–H groups in total. The minimum atomic E-state index is -0.242. The highest BCUT2D eigenvalue weighted by Crippen LogP contribution is 2.33. The average Bonchev–Trinajstić information content (AvgIpc) is 2.79. The first-order chi connectivity index (χ1) is 8.69. The number of carbonyl (C=O) groups is 1. The van der Waals surface area contributed by atoms with Gasteiger partial charge in [-0.3, -0.25) is 9.69 Å². The van der Waals surface area contributed by atoms with Gasteiger partial charge in [0, 0.05) is 20.0 Å². The molecule has 0 saturated carbocycles. The molecule has 5 nitrogen and oxygen atoms in total. The molecule has 0 aromatic rings. The number of rotatable bonds is 4. The van der Waals surface area contributed by atoms with Gasteiger partial charge in [0.2, 0.25) is 0 Å². The van der Waals surface area contributed by atoms with Crippen LogP contribution in [0.25, 0.3) is 0 Å². The Hall–Kier alpha value is -1.10.